The second kappa shape index (κ2) is 8.15. The molecule has 0 spiro atoms. The fraction of sp³-hybridized carbons (Fsp3) is 0.261. The van der Waals surface area contributed by atoms with Crippen molar-refractivity contribution in [3.63, 3.8) is 0 Å². The standard InChI is InChI=1S/C23H23F3N2O/c1-15-12-16(2)28(14-18-8-7-11-20(13-18)23(24,25)26)21(15)22(29)27-17(3)19-9-5-4-6-10-19/h4-13,17H,14H2,1-3H3,(H,27,29)/t17-/m0/s1. The molecule has 1 atom stereocenters. The Kier molecular flexibility index (Phi) is 5.82. The van der Waals surface area contributed by atoms with Crippen LogP contribution in [0.3, 0.4) is 0 Å². The number of aryl methyl sites for hydroxylation is 2. The smallest absolute Gasteiger partial charge is 0.344 e. The Morgan fingerprint density at radius 1 is 1.03 bits per heavy atom. The van der Waals surface area contributed by atoms with Crippen molar-refractivity contribution in [3.05, 3.63) is 94.3 Å². The predicted molar refractivity (Wildman–Crippen MR) is 107 cm³/mol. The van der Waals surface area contributed by atoms with Gasteiger partial charge in [-0.05, 0) is 55.7 Å². The van der Waals surface area contributed by atoms with Crippen molar-refractivity contribution in [2.24, 2.45) is 0 Å². The first-order valence-electron chi connectivity index (χ1n) is 9.35. The van der Waals surface area contributed by atoms with Gasteiger partial charge in [-0.3, -0.25) is 4.79 Å². The summed E-state index contributed by atoms with van der Waals surface area (Å²) in [6.07, 6.45) is -4.40. The van der Waals surface area contributed by atoms with Crippen LogP contribution in [0.15, 0.2) is 60.7 Å². The topological polar surface area (TPSA) is 34.0 Å². The molecule has 0 saturated heterocycles. The molecular formula is C23H23F3N2O. The molecule has 1 aromatic heterocycles. The van der Waals surface area contributed by atoms with E-state index in [0.717, 1.165) is 29.0 Å². The molecule has 1 heterocycles. The van der Waals surface area contributed by atoms with E-state index in [0.29, 0.717) is 11.3 Å². The van der Waals surface area contributed by atoms with Crippen LogP contribution in [0.2, 0.25) is 0 Å². The van der Waals surface area contributed by atoms with Gasteiger partial charge in [-0.15, -0.1) is 0 Å². The van der Waals surface area contributed by atoms with Gasteiger partial charge < -0.3 is 9.88 Å². The molecule has 0 aliphatic rings. The number of rotatable bonds is 5. The summed E-state index contributed by atoms with van der Waals surface area (Å²) in [6, 6.07) is 16.5. The molecule has 3 nitrogen and oxygen atoms in total. The van der Waals surface area contributed by atoms with Crippen molar-refractivity contribution in [2.75, 3.05) is 0 Å². The zero-order valence-electron chi connectivity index (χ0n) is 16.5. The molecule has 3 aromatic rings. The van der Waals surface area contributed by atoms with Gasteiger partial charge in [0, 0.05) is 12.2 Å². The Morgan fingerprint density at radius 2 is 1.72 bits per heavy atom. The highest BCUT2D eigenvalue weighted by atomic mass is 19.4. The van der Waals surface area contributed by atoms with Crippen LogP contribution in [-0.2, 0) is 12.7 Å². The molecule has 6 heteroatoms. The highest BCUT2D eigenvalue weighted by Gasteiger charge is 2.30. The summed E-state index contributed by atoms with van der Waals surface area (Å²) in [6.45, 7) is 5.76. The molecule has 0 bridgehead atoms. The lowest BCUT2D eigenvalue weighted by Crippen LogP contribution is -2.29. The maximum Gasteiger partial charge on any atom is 0.416 e. The van der Waals surface area contributed by atoms with Gasteiger partial charge >= 0.3 is 6.18 Å². The average Bonchev–Trinajstić information content (AvgIpc) is 2.95. The number of halogens is 3. The number of nitrogens with zero attached hydrogens (tertiary/aromatic N) is 1. The summed E-state index contributed by atoms with van der Waals surface area (Å²) in [5.41, 5.74) is 2.84. The van der Waals surface area contributed by atoms with E-state index < -0.39 is 11.7 Å². The van der Waals surface area contributed by atoms with Crippen molar-refractivity contribution in [1.82, 2.24) is 9.88 Å². The molecule has 152 valence electrons. The van der Waals surface area contributed by atoms with Crippen LogP contribution < -0.4 is 5.32 Å². The van der Waals surface area contributed by atoms with Crippen molar-refractivity contribution in [2.45, 2.75) is 39.5 Å². The van der Waals surface area contributed by atoms with Crippen LogP contribution in [0.25, 0.3) is 0 Å². The third-order valence-electron chi connectivity index (χ3n) is 4.95. The predicted octanol–water partition coefficient (Wildman–Crippen LogP) is 5.66. The summed E-state index contributed by atoms with van der Waals surface area (Å²) in [7, 11) is 0. The molecule has 0 fully saturated rings. The Bertz CT molecular complexity index is 1010. The summed E-state index contributed by atoms with van der Waals surface area (Å²) >= 11 is 0. The number of hydrogen-bond donors (Lipinski definition) is 1. The van der Waals surface area contributed by atoms with E-state index in [4.69, 9.17) is 0 Å². The largest absolute Gasteiger partial charge is 0.416 e. The zero-order valence-corrected chi connectivity index (χ0v) is 16.5. The van der Waals surface area contributed by atoms with Crippen molar-refractivity contribution < 1.29 is 18.0 Å². The van der Waals surface area contributed by atoms with Crippen LogP contribution in [-0.4, -0.2) is 10.5 Å². The molecule has 0 aliphatic heterocycles. The monoisotopic (exact) mass is 400 g/mol. The number of alkyl halides is 3. The molecule has 29 heavy (non-hydrogen) atoms. The molecule has 0 unspecified atom stereocenters. The zero-order chi connectivity index (χ0) is 21.2. The minimum atomic E-state index is -4.40. The van der Waals surface area contributed by atoms with E-state index in [1.165, 1.54) is 6.07 Å². The SMILES string of the molecule is Cc1cc(C)n(Cc2cccc(C(F)(F)F)c2)c1C(=O)N[C@@H](C)c1ccccc1. The van der Waals surface area contributed by atoms with E-state index in [-0.39, 0.29) is 18.5 Å². The maximum absolute atomic E-state index is 13.0. The number of aromatic nitrogens is 1. The van der Waals surface area contributed by atoms with Gasteiger partial charge in [0.1, 0.15) is 5.69 Å². The van der Waals surface area contributed by atoms with Crippen molar-refractivity contribution in [1.29, 1.82) is 0 Å². The first-order chi connectivity index (χ1) is 13.7. The van der Waals surface area contributed by atoms with Gasteiger partial charge in [0.25, 0.3) is 5.91 Å². The van der Waals surface area contributed by atoms with E-state index in [9.17, 15) is 18.0 Å². The van der Waals surface area contributed by atoms with Crippen LogP contribution >= 0.6 is 0 Å². The highest BCUT2D eigenvalue weighted by Crippen LogP contribution is 2.30. The van der Waals surface area contributed by atoms with Crippen LogP contribution in [0.5, 0.6) is 0 Å². The fourth-order valence-electron chi connectivity index (χ4n) is 3.47. The third kappa shape index (κ3) is 4.70. The van der Waals surface area contributed by atoms with Gasteiger partial charge in [0.15, 0.2) is 0 Å². The number of nitrogens with one attached hydrogen (secondary N) is 1. The number of carbonyl (C=O) groups is 1. The Labute approximate surface area is 168 Å². The van der Waals surface area contributed by atoms with Gasteiger partial charge in [-0.1, -0.05) is 42.5 Å². The first-order valence-corrected chi connectivity index (χ1v) is 9.35. The maximum atomic E-state index is 13.0. The summed E-state index contributed by atoms with van der Waals surface area (Å²) in [5.74, 6) is -0.251. The molecule has 1 N–H and O–H groups in total. The number of carbonyl (C=O) groups excluding carboxylic acids is 1. The fourth-order valence-corrected chi connectivity index (χ4v) is 3.47. The van der Waals surface area contributed by atoms with E-state index in [2.05, 4.69) is 5.32 Å². The molecule has 0 saturated carbocycles. The minimum absolute atomic E-state index is 0.187. The quantitative estimate of drug-likeness (QED) is 0.589. The van der Waals surface area contributed by atoms with Gasteiger partial charge in [0.05, 0.1) is 11.6 Å². The van der Waals surface area contributed by atoms with Crippen molar-refractivity contribution in [3.8, 4) is 0 Å². The lowest BCUT2D eigenvalue weighted by Gasteiger charge is -2.17. The summed E-state index contributed by atoms with van der Waals surface area (Å²) in [5, 5.41) is 2.99. The minimum Gasteiger partial charge on any atom is -0.344 e. The van der Waals surface area contributed by atoms with E-state index >= 15 is 0 Å². The highest BCUT2D eigenvalue weighted by molar-refractivity contribution is 5.94. The first kappa shape index (κ1) is 20.7. The van der Waals surface area contributed by atoms with E-state index in [1.807, 2.05) is 57.2 Å². The molecule has 0 radical (unpaired) electrons. The Hall–Kier alpha value is -3.02. The average molecular weight is 400 g/mol. The molecule has 2 aromatic carbocycles. The number of hydrogen-bond acceptors (Lipinski definition) is 1. The number of benzene rings is 2. The van der Waals surface area contributed by atoms with Crippen LogP contribution in [0, 0.1) is 13.8 Å². The lowest BCUT2D eigenvalue weighted by molar-refractivity contribution is -0.137. The lowest BCUT2D eigenvalue weighted by atomic mass is 10.1. The number of amides is 1. The van der Waals surface area contributed by atoms with E-state index in [1.54, 1.807) is 10.6 Å². The van der Waals surface area contributed by atoms with Gasteiger partial charge in [-0.25, -0.2) is 0 Å². The van der Waals surface area contributed by atoms with Crippen LogP contribution in [0.1, 0.15) is 51.4 Å². The van der Waals surface area contributed by atoms with Gasteiger partial charge in [0.2, 0.25) is 0 Å². The van der Waals surface area contributed by atoms with Crippen molar-refractivity contribution >= 4 is 5.91 Å². The summed E-state index contributed by atoms with van der Waals surface area (Å²) in [4.78, 5) is 13.0. The second-order valence-corrected chi connectivity index (χ2v) is 7.21. The molecule has 3 rings (SSSR count). The summed E-state index contributed by atoms with van der Waals surface area (Å²) < 4.78 is 40.9. The molecule has 1 amide bonds. The molecular weight excluding hydrogens is 377 g/mol. The Morgan fingerprint density at radius 3 is 2.38 bits per heavy atom. The second-order valence-electron chi connectivity index (χ2n) is 7.21. The Balaban J connectivity index is 1.88. The third-order valence-corrected chi connectivity index (χ3v) is 4.95. The normalized spacial score (nSPS) is 12.6. The molecule has 0 aliphatic carbocycles. The van der Waals surface area contributed by atoms with Crippen LogP contribution in [0.4, 0.5) is 13.2 Å². The van der Waals surface area contributed by atoms with Gasteiger partial charge in [-0.2, -0.15) is 13.2 Å².